The quantitative estimate of drug-likeness (QED) is 0.272. The van der Waals surface area contributed by atoms with Crippen molar-refractivity contribution in [3.05, 3.63) is 130 Å². The largest absolute Gasteiger partial charge is 0.496 e. The van der Waals surface area contributed by atoms with Crippen molar-refractivity contribution in [2.45, 2.75) is 39.2 Å². The number of methoxy groups -OCH3 is 1. The molecule has 0 N–H and O–H groups in total. The van der Waals surface area contributed by atoms with Crippen LogP contribution in [0.5, 0.6) is 11.5 Å². The first-order valence-electron chi connectivity index (χ1n) is 11.5. The fourth-order valence-corrected chi connectivity index (χ4v) is 4.19. The molecule has 0 aliphatic carbocycles. The topological polar surface area (TPSA) is 18.5 Å². The summed E-state index contributed by atoms with van der Waals surface area (Å²) < 4.78 is 11.9. The van der Waals surface area contributed by atoms with Gasteiger partial charge >= 0.3 is 0 Å². The summed E-state index contributed by atoms with van der Waals surface area (Å²) in [5.74, 6) is 1.96. The Balaban J connectivity index is 1.60. The molecule has 4 rings (SSSR count). The third-order valence-electron chi connectivity index (χ3n) is 6.12. The molecule has 1 radical (unpaired) electrons. The van der Waals surface area contributed by atoms with E-state index in [1.165, 1.54) is 22.3 Å². The molecule has 0 heterocycles. The molecule has 0 amide bonds. The third kappa shape index (κ3) is 5.84. The molecule has 0 saturated heterocycles. The number of hydrogen-bond donors (Lipinski definition) is 0. The summed E-state index contributed by atoms with van der Waals surface area (Å²) in [6, 6.07) is 35.0. The van der Waals surface area contributed by atoms with Gasteiger partial charge in [0.25, 0.3) is 0 Å². The van der Waals surface area contributed by atoms with Gasteiger partial charge in [-0.2, -0.15) is 0 Å². The first-order valence-corrected chi connectivity index (χ1v) is 11.5. The maximum Gasteiger partial charge on any atom is 0.127 e. The minimum atomic E-state index is 0.294. The van der Waals surface area contributed by atoms with Crippen molar-refractivity contribution in [2.75, 3.05) is 7.11 Å². The van der Waals surface area contributed by atoms with Gasteiger partial charge in [0.15, 0.2) is 0 Å². The molecule has 0 saturated carbocycles. The van der Waals surface area contributed by atoms with Crippen molar-refractivity contribution in [3.8, 4) is 11.5 Å². The average Bonchev–Trinajstić information content (AvgIpc) is 2.85. The van der Waals surface area contributed by atoms with Gasteiger partial charge in [-0.05, 0) is 61.6 Å². The Kier molecular flexibility index (Phi) is 7.47. The predicted molar refractivity (Wildman–Crippen MR) is 135 cm³/mol. The summed E-state index contributed by atoms with van der Waals surface area (Å²) >= 11 is 0. The molecule has 167 valence electrons. The zero-order valence-electron chi connectivity index (χ0n) is 19.7. The molecule has 2 nitrogen and oxygen atoms in total. The molecule has 33 heavy (non-hydrogen) atoms. The van der Waals surface area contributed by atoms with E-state index in [0.717, 1.165) is 35.5 Å². The SMILES string of the molecule is COc1c[c]cc(OCc2ccccc2)c1CCC(c1ccc(C)cc1)c1ccc(C)cc1. The van der Waals surface area contributed by atoms with E-state index in [4.69, 9.17) is 9.47 Å². The molecule has 0 atom stereocenters. The Morgan fingerprint density at radius 2 is 1.30 bits per heavy atom. The summed E-state index contributed by atoms with van der Waals surface area (Å²) in [5.41, 5.74) is 7.45. The monoisotopic (exact) mass is 435 g/mol. The fraction of sp³-hybridized carbons (Fsp3) is 0.226. The maximum absolute atomic E-state index is 6.23. The second-order valence-electron chi connectivity index (χ2n) is 8.55. The van der Waals surface area contributed by atoms with E-state index in [0.29, 0.717) is 12.5 Å². The van der Waals surface area contributed by atoms with Crippen LogP contribution in [0.2, 0.25) is 0 Å². The second kappa shape index (κ2) is 10.9. The molecule has 0 bridgehead atoms. The third-order valence-corrected chi connectivity index (χ3v) is 6.12. The molecular formula is C31H31O2. The number of aryl methyl sites for hydroxylation is 2. The average molecular weight is 436 g/mol. The van der Waals surface area contributed by atoms with Crippen LogP contribution in [0.25, 0.3) is 0 Å². The van der Waals surface area contributed by atoms with Gasteiger partial charge in [0.2, 0.25) is 0 Å². The van der Waals surface area contributed by atoms with E-state index in [2.05, 4.69) is 80.6 Å². The van der Waals surface area contributed by atoms with Crippen LogP contribution in [-0.2, 0) is 13.0 Å². The van der Waals surface area contributed by atoms with Crippen LogP contribution in [-0.4, -0.2) is 7.11 Å². The van der Waals surface area contributed by atoms with Crippen molar-refractivity contribution in [1.82, 2.24) is 0 Å². The Morgan fingerprint density at radius 3 is 1.88 bits per heavy atom. The van der Waals surface area contributed by atoms with Crippen molar-refractivity contribution in [2.24, 2.45) is 0 Å². The minimum absolute atomic E-state index is 0.294. The van der Waals surface area contributed by atoms with Gasteiger partial charge in [-0.25, -0.2) is 0 Å². The van der Waals surface area contributed by atoms with Gasteiger partial charge in [0.1, 0.15) is 18.1 Å². The van der Waals surface area contributed by atoms with Gasteiger partial charge in [-0.15, -0.1) is 0 Å². The second-order valence-corrected chi connectivity index (χ2v) is 8.55. The Morgan fingerprint density at radius 1 is 0.727 bits per heavy atom. The molecule has 4 aromatic rings. The molecule has 4 aromatic carbocycles. The zero-order valence-corrected chi connectivity index (χ0v) is 19.7. The van der Waals surface area contributed by atoms with E-state index in [9.17, 15) is 0 Å². The van der Waals surface area contributed by atoms with Gasteiger partial charge in [-0.1, -0.05) is 90.0 Å². The van der Waals surface area contributed by atoms with Crippen LogP contribution in [0.3, 0.4) is 0 Å². The van der Waals surface area contributed by atoms with Crippen molar-refractivity contribution in [3.63, 3.8) is 0 Å². The Hall–Kier alpha value is -3.52. The predicted octanol–water partition coefficient (Wildman–Crippen LogP) is 7.46. The van der Waals surface area contributed by atoms with Gasteiger partial charge in [0, 0.05) is 11.5 Å². The van der Waals surface area contributed by atoms with Gasteiger partial charge in [-0.3, -0.25) is 0 Å². The fourth-order valence-electron chi connectivity index (χ4n) is 4.19. The smallest absolute Gasteiger partial charge is 0.127 e. The number of benzene rings is 4. The van der Waals surface area contributed by atoms with E-state index >= 15 is 0 Å². The van der Waals surface area contributed by atoms with Crippen molar-refractivity contribution in [1.29, 1.82) is 0 Å². The molecule has 0 aliphatic rings. The van der Waals surface area contributed by atoms with Crippen molar-refractivity contribution < 1.29 is 9.47 Å². The lowest BCUT2D eigenvalue weighted by Gasteiger charge is -2.21. The lowest BCUT2D eigenvalue weighted by molar-refractivity contribution is 0.299. The standard InChI is InChI=1S/C31H31O2/c1-23-12-16-26(17-13-23)28(27-18-14-24(2)15-19-27)20-21-29-30(32-3)10-7-11-31(29)33-22-25-8-5-4-6-9-25/h4-6,8-19,28H,20-22H2,1-3H3. The zero-order chi connectivity index (χ0) is 23.0. The van der Waals surface area contributed by atoms with Crippen LogP contribution in [0.15, 0.2) is 91.0 Å². The van der Waals surface area contributed by atoms with E-state index in [1.54, 1.807) is 7.11 Å². The van der Waals surface area contributed by atoms with E-state index in [-0.39, 0.29) is 0 Å². The lowest BCUT2D eigenvalue weighted by atomic mass is 9.85. The van der Waals surface area contributed by atoms with E-state index < -0.39 is 0 Å². The normalized spacial score (nSPS) is 10.9. The number of rotatable bonds is 9. The summed E-state index contributed by atoms with van der Waals surface area (Å²) in [6.45, 7) is 4.78. The van der Waals surface area contributed by atoms with Crippen LogP contribution >= 0.6 is 0 Å². The highest BCUT2D eigenvalue weighted by Crippen LogP contribution is 2.35. The van der Waals surface area contributed by atoms with Crippen LogP contribution in [0.1, 0.15) is 45.7 Å². The van der Waals surface area contributed by atoms with Crippen LogP contribution in [0.4, 0.5) is 0 Å². The summed E-state index contributed by atoms with van der Waals surface area (Å²) in [6.07, 6.45) is 1.79. The van der Waals surface area contributed by atoms with Crippen LogP contribution in [0, 0.1) is 19.9 Å². The highest BCUT2D eigenvalue weighted by molar-refractivity contribution is 5.45. The molecule has 0 aliphatic heterocycles. The summed E-state index contributed by atoms with van der Waals surface area (Å²) in [4.78, 5) is 0. The van der Waals surface area contributed by atoms with Gasteiger partial charge < -0.3 is 9.47 Å². The maximum atomic E-state index is 6.23. The Bertz CT molecular complexity index is 1100. The molecule has 0 aromatic heterocycles. The number of hydrogen-bond acceptors (Lipinski definition) is 2. The Labute approximate surface area is 197 Å². The molecule has 2 heteroatoms. The molecule has 0 unspecified atom stereocenters. The van der Waals surface area contributed by atoms with Crippen molar-refractivity contribution >= 4 is 0 Å². The lowest BCUT2D eigenvalue weighted by Crippen LogP contribution is -2.06. The molecular weight excluding hydrogens is 404 g/mol. The molecule has 0 spiro atoms. The van der Waals surface area contributed by atoms with Crippen LogP contribution < -0.4 is 9.47 Å². The highest BCUT2D eigenvalue weighted by atomic mass is 16.5. The number of ether oxygens (including phenoxy) is 2. The molecule has 0 fully saturated rings. The van der Waals surface area contributed by atoms with Gasteiger partial charge in [0.05, 0.1) is 7.11 Å². The first-order chi connectivity index (χ1) is 16.1. The minimum Gasteiger partial charge on any atom is -0.496 e. The van der Waals surface area contributed by atoms with E-state index in [1.807, 2.05) is 30.3 Å². The summed E-state index contributed by atoms with van der Waals surface area (Å²) in [7, 11) is 1.71. The first kappa shape index (κ1) is 22.7. The summed E-state index contributed by atoms with van der Waals surface area (Å²) in [5, 5.41) is 0. The highest BCUT2D eigenvalue weighted by Gasteiger charge is 2.18.